The van der Waals surface area contributed by atoms with Crippen molar-refractivity contribution in [1.29, 1.82) is 0 Å². The normalized spacial score (nSPS) is 30.3. The summed E-state index contributed by atoms with van der Waals surface area (Å²) < 4.78 is 5.52. The number of rotatable bonds is 1. The summed E-state index contributed by atoms with van der Waals surface area (Å²) in [5.74, 6) is 0.137. The van der Waals surface area contributed by atoms with Crippen LogP contribution in [0.1, 0.15) is 13.8 Å². The molecule has 1 amide bonds. The summed E-state index contributed by atoms with van der Waals surface area (Å²) in [5.41, 5.74) is 0.0516. The standard InChI is InChI=1S/C12H23N3O2/c1-12(2)9-15(6-5-14(12)3)11(16)10-8-13-4-7-17-10/h10,13H,4-9H2,1-3H3. The summed E-state index contributed by atoms with van der Waals surface area (Å²) in [4.78, 5) is 16.5. The fourth-order valence-electron chi connectivity index (χ4n) is 2.36. The Kier molecular flexibility index (Phi) is 3.70. The molecule has 5 heteroatoms. The van der Waals surface area contributed by atoms with Gasteiger partial charge in [0.05, 0.1) is 6.61 Å². The van der Waals surface area contributed by atoms with Gasteiger partial charge >= 0.3 is 0 Å². The number of ether oxygens (including phenoxy) is 1. The van der Waals surface area contributed by atoms with Gasteiger partial charge in [-0.25, -0.2) is 0 Å². The highest BCUT2D eigenvalue weighted by atomic mass is 16.5. The van der Waals surface area contributed by atoms with Gasteiger partial charge in [-0.1, -0.05) is 0 Å². The van der Waals surface area contributed by atoms with Crippen LogP contribution in [0.15, 0.2) is 0 Å². The first kappa shape index (κ1) is 12.8. The van der Waals surface area contributed by atoms with E-state index >= 15 is 0 Å². The van der Waals surface area contributed by atoms with Crippen LogP contribution in [0.3, 0.4) is 0 Å². The van der Waals surface area contributed by atoms with Crippen molar-refractivity contribution in [2.75, 3.05) is 46.4 Å². The number of hydrogen-bond acceptors (Lipinski definition) is 4. The third-order valence-corrected chi connectivity index (χ3v) is 3.83. The van der Waals surface area contributed by atoms with Crippen LogP contribution in [0.5, 0.6) is 0 Å². The number of likely N-dealkylation sites (N-methyl/N-ethyl adjacent to an activating group) is 1. The van der Waals surface area contributed by atoms with Gasteiger partial charge in [-0.15, -0.1) is 0 Å². The molecule has 2 rings (SSSR count). The Morgan fingerprint density at radius 2 is 2.18 bits per heavy atom. The molecular weight excluding hydrogens is 218 g/mol. The highest BCUT2D eigenvalue weighted by molar-refractivity contribution is 5.81. The molecule has 2 saturated heterocycles. The van der Waals surface area contributed by atoms with Crippen molar-refractivity contribution in [2.24, 2.45) is 0 Å². The molecule has 98 valence electrons. The van der Waals surface area contributed by atoms with Gasteiger partial charge in [-0.05, 0) is 20.9 Å². The SMILES string of the molecule is CN1CCN(C(=O)C2CNCCO2)CC1(C)C. The second-order valence-corrected chi connectivity index (χ2v) is 5.56. The van der Waals surface area contributed by atoms with E-state index < -0.39 is 0 Å². The van der Waals surface area contributed by atoms with E-state index in [9.17, 15) is 4.79 Å². The highest BCUT2D eigenvalue weighted by Crippen LogP contribution is 2.19. The van der Waals surface area contributed by atoms with Crippen molar-refractivity contribution in [3.63, 3.8) is 0 Å². The summed E-state index contributed by atoms with van der Waals surface area (Å²) in [5, 5.41) is 3.20. The van der Waals surface area contributed by atoms with Crippen LogP contribution in [0.2, 0.25) is 0 Å². The topological polar surface area (TPSA) is 44.8 Å². The van der Waals surface area contributed by atoms with Crippen molar-refractivity contribution >= 4 is 5.91 Å². The number of amides is 1. The Labute approximate surface area is 103 Å². The molecule has 2 aliphatic heterocycles. The molecule has 0 spiro atoms. The molecule has 0 radical (unpaired) electrons. The molecule has 0 aromatic carbocycles. The number of carbonyl (C=O) groups is 1. The maximum Gasteiger partial charge on any atom is 0.253 e. The Morgan fingerprint density at radius 1 is 1.41 bits per heavy atom. The van der Waals surface area contributed by atoms with E-state index in [-0.39, 0.29) is 17.6 Å². The molecule has 2 fully saturated rings. The lowest BCUT2D eigenvalue weighted by molar-refractivity contribution is -0.149. The van der Waals surface area contributed by atoms with Gasteiger partial charge in [0.1, 0.15) is 6.10 Å². The summed E-state index contributed by atoms with van der Waals surface area (Å²) in [6, 6.07) is 0. The summed E-state index contributed by atoms with van der Waals surface area (Å²) in [7, 11) is 2.11. The van der Waals surface area contributed by atoms with Crippen LogP contribution in [0, 0.1) is 0 Å². The van der Waals surface area contributed by atoms with Crippen LogP contribution in [0.25, 0.3) is 0 Å². The Morgan fingerprint density at radius 3 is 2.76 bits per heavy atom. The fraction of sp³-hybridized carbons (Fsp3) is 0.917. The van der Waals surface area contributed by atoms with Gasteiger partial charge in [0, 0.05) is 38.3 Å². The van der Waals surface area contributed by atoms with Gasteiger partial charge in [0.25, 0.3) is 5.91 Å². The van der Waals surface area contributed by atoms with Crippen molar-refractivity contribution in [1.82, 2.24) is 15.1 Å². The second kappa shape index (κ2) is 4.92. The molecule has 0 aromatic heterocycles. The monoisotopic (exact) mass is 241 g/mol. The van der Waals surface area contributed by atoms with Gasteiger partial charge < -0.3 is 15.0 Å². The zero-order valence-electron chi connectivity index (χ0n) is 11.0. The smallest absolute Gasteiger partial charge is 0.253 e. The first-order valence-corrected chi connectivity index (χ1v) is 6.33. The Balaban J connectivity index is 1.95. The van der Waals surface area contributed by atoms with Gasteiger partial charge in [0.15, 0.2) is 0 Å². The van der Waals surface area contributed by atoms with Gasteiger partial charge in [-0.3, -0.25) is 9.69 Å². The van der Waals surface area contributed by atoms with E-state index in [2.05, 4.69) is 31.1 Å². The van der Waals surface area contributed by atoms with Crippen LogP contribution in [0.4, 0.5) is 0 Å². The van der Waals surface area contributed by atoms with E-state index in [0.29, 0.717) is 13.2 Å². The van der Waals surface area contributed by atoms with E-state index in [1.165, 1.54) is 0 Å². The maximum absolute atomic E-state index is 12.3. The molecule has 0 bridgehead atoms. The van der Waals surface area contributed by atoms with Crippen LogP contribution >= 0.6 is 0 Å². The molecule has 0 saturated carbocycles. The van der Waals surface area contributed by atoms with Crippen molar-refractivity contribution in [2.45, 2.75) is 25.5 Å². The zero-order chi connectivity index (χ0) is 12.5. The average Bonchev–Trinajstić information content (AvgIpc) is 2.33. The third-order valence-electron chi connectivity index (χ3n) is 3.83. The minimum atomic E-state index is -0.289. The quantitative estimate of drug-likeness (QED) is 0.674. The van der Waals surface area contributed by atoms with Crippen LogP contribution in [-0.2, 0) is 9.53 Å². The number of nitrogens with one attached hydrogen (secondary N) is 1. The largest absolute Gasteiger partial charge is 0.366 e. The lowest BCUT2D eigenvalue weighted by Gasteiger charge is -2.46. The molecule has 1 atom stereocenters. The lowest BCUT2D eigenvalue weighted by Crippen LogP contribution is -2.61. The summed E-state index contributed by atoms with van der Waals surface area (Å²) in [6.07, 6.45) is -0.289. The predicted molar refractivity (Wildman–Crippen MR) is 65.9 cm³/mol. The minimum absolute atomic E-state index is 0.0516. The summed E-state index contributed by atoms with van der Waals surface area (Å²) in [6.45, 7) is 8.98. The number of piperazine rings is 1. The fourth-order valence-corrected chi connectivity index (χ4v) is 2.36. The second-order valence-electron chi connectivity index (χ2n) is 5.56. The first-order chi connectivity index (χ1) is 8.00. The highest BCUT2D eigenvalue weighted by Gasteiger charge is 2.36. The van der Waals surface area contributed by atoms with Crippen LogP contribution in [-0.4, -0.2) is 73.7 Å². The average molecular weight is 241 g/mol. The molecule has 5 nitrogen and oxygen atoms in total. The van der Waals surface area contributed by atoms with Crippen molar-refractivity contribution < 1.29 is 9.53 Å². The lowest BCUT2D eigenvalue weighted by atomic mass is 9.99. The number of hydrogen-bond donors (Lipinski definition) is 1. The number of carbonyl (C=O) groups excluding carboxylic acids is 1. The third kappa shape index (κ3) is 2.78. The van der Waals surface area contributed by atoms with E-state index in [1.54, 1.807) is 0 Å². The van der Waals surface area contributed by atoms with E-state index in [0.717, 1.165) is 26.2 Å². The molecule has 0 aromatic rings. The van der Waals surface area contributed by atoms with Gasteiger partial charge in [0.2, 0.25) is 0 Å². The van der Waals surface area contributed by atoms with E-state index in [1.807, 2.05) is 4.90 Å². The van der Waals surface area contributed by atoms with Gasteiger partial charge in [-0.2, -0.15) is 0 Å². The molecule has 0 aliphatic carbocycles. The Hall–Kier alpha value is -0.650. The predicted octanol–water partition coefficient (Wildman–Crippen LogP) is -0.473. The van der Waals surface area contributed by atoms with Crippen molar-refractivity contribution in [3.05, 3.63) is 0 Å². The molecule has 1 N–H and O–H groups in total. The minimum Gasteiger partial charge on any atom is -0.366 e. The molecular formula is C12H23N3O2. The molecule has 2 aliphatic rings. The maximum atomic E-state index is 12.3. The number of morpholine rings is 1. The summed E-state index contributed by atoms with van der Waals surface area (Å²) >= 11 is 0. The molecule has 1 unspecified atom stereocenters. The van der Waals surface area contributed by atoms with Crippen LogP contribution < -0.4 is 5.32 Å². The first-order valence-electron chi connectivity index (χ1n) is 6.33. The zero-order valence-corrected chi connectivity index (χ0v) is 11.0. The van der Waals surface area contributed by atoms with Crippen molar-refractivity contribution in [3.8, 4) is 0 Å². The number of nitrogens with zero attached hydrogens (tertiary/aromatic N) is 2. The van der Waals surface area contributed by atoms with E-state index in [4.69, 9.17) is 4.74 Å². The molecule has 17 heavy (non-hydrogen) atoms. The Bertz CT molecular complexity index is 287. The molecule has 2 heterocycles.